The number of thioether (sulfide) groups is 1. The van der Waals surface area contributed by atoms with Crippen LogP contribution in [0.5, 0.6) is 0 Å². The summed E-state index contributed by atoms with van der Waals surface area (Å²) in [6, 6.07) is 6.38. The van der Waals surface area contributed by atoms with E-state index in [9.17, 15) is 9.18 Å². The van der Waals surface area contributed by atoms with Gasteiger partial charge in [-0.05, 0) is 38.8 Å². The smallest absolute Gasteiger partial charge is 0.234 e. The molecular weight excluding hydrogens is 315 g/mol. The van der Waals surface area contributed by atoms with Crippen molar-refractivity contribution in [3.05, 3.63) is 35.9 Å². The highest BCUT2D eigenvalue weighted by Gasteiger charge is 2.31. The molecule has 0 bridgehead atoms. The van der Waals surface area contributed by atoms with E-state index >= 15 is 0 Å². The molecule has 1 amide bonds. The molecule has 0 unspecified atom stereocenters. The fourth-order valence-electron chi connectivity index (χ4n) is 2.37. The topological polar surface area (TPSA) is 59.8 Å². The van der Waals surface area contributed by atoms with Gasteiger partial charge < -0.3 is 9.88 Å². The molecule has 3 rings (SSSR count). The van der Waals surface area contributed by atoms with Crippen molar-refractivity contribution in [1.29, 1.82) is 0 Å². The van der Waals surface area contributed by atoms with Crippen LogP contribution in [0.15, 0.2) is 29.4 Å². The molecule has 1 N–H and O–H groups in total. The van der Waals surface area contributed by atoms with Crippen LogP contribution in [0.4, 0.5) is 10.1 Å². The fourth-order valence-corrected chi connectivity index (χ4v) is 3.25. The number of aromatic nitrogens is 3. The summed E-state index contributed by atoms with van der Waals surface area (Å²) in [4.78, 5) is 12.0. The van der Waals surface area contributed by atoms with Gasteiger partial charge in [0.15, 0.2) is 5.16 Å². The summed E-state index contributed by atoms with van der Waals surface area (Å²) in [5, 5.41) is 11.8. The average molecular weight is 334 g/mol. The van der Waals surface area contributed by atoms with E-state index in [1.165, 1.54) is 17.8 Å². The van der Waals surface area contributed by atoms with Gasteiger partial charge in [0.1, 0.15) is 11.6 Å². The maximum Gasteiger partial charge on any atom is 0.234 e. The van der Waals surface area contributed by atoms with Crippen LogP contribution in [0.3, 0.4) is 0 Å². The molecule has 122 valence electrons. The number of anilines is 1. The van der Waals surface area contributed by atoms with Gasteiger partial charge in [-0.25, -0.2) is 4.39 Å². The molecule has 1 aromatic carbocycles. The Balaban J connectivity index is 1.64. The molecule has 1 aromatic heterocycles. The largest absolute Gasteiger partial charge is 0.323 e. The zero-order valence-corrected chi connectivity index (χ0v) is 13.9. The van der Waals surface area contributed by atoms with Crippen LogP contribution in [0.2, 0.25) is 0 Å². The number of carbonyl (C=O) groups excluding carboxylic acids is 1. The molecule has 1 aliphatic rings. The zero-order chi connectivity index (χ0) is 16.4. The second-order valence-corrected chi connectivity index (χ2v) is 6.84. The lowest BCUT2D eigenvalue weighted by atomic mass is 10.3. The van der Waals surface area contributed by atoms with Crippen LogP contribution in [0.1, 0.15) is 44.5 Å². The Kier molecular flexibility index (Phi) is 4.66. The lowest BCUT2D eigenvalue weighted by Gasteiger charge is -2.13. The van der Waals surface area contributed by atoms with Crippen LogP contribution in [0.25, 0.3) is 0 Å². The second-order valence-electron chi connectivity index (χ2n) is 5.90. The van der Waals surface area contributed by atoms with Crippen molar-refractivity contribution in [2.24, 2.45) is 0 Å². The van der Waals surface area contributed by atoms with Crippen molar-refractivity contribution < 1.29 is 9.18 Å². The van der Waals surface area contributed by atoms with Crippen molar-refractivity contribution >= 4 is 23.4 Å². The monoisotopic (exact) mass is 334 g/mol. The van der Waals surface area contributed by atoms with Crippen molar-refractivity contribution in [3.8, 4) is 0 Å². The molecule has 0 radical (unpaired) electrons. The Morgan fingerprint density at radius 3 is 2.78 bits per heavy atom. The Morgan fingerprint density at radius 1 is 1.39 bits per heavy atom. The van der Waals surface area contributed by atoms with E-state index in [0.29, 0.717) is 5.92 Å². The Morgan fingerprint density at radius 2 is 2.13 bits per heavy atom. The molecule has 7 heteroatoms. The van der Waals surface area contributed by atoms with Gasteiger partial charge in [-0.15, -0.1) is 10.2 Å². The molecule has 0 atom stereocenters. The third-order valence-electron chi connectivity index (χ3n) is 3.63. The number of nitrogens with one attached hydrogen (secondary N) is 1. The zero-order valence-electron chi connectivity index (χ0n) is 13.1. The normalized spacial score (nSPS) is 14.3. The van der Waals surface area contributed by atoms with Gasteiger partial charge in [0.05, 0.1) is 11.4 Å². The molecular formula is C16H19FN4OS. The van der Waals surface area contributed by atoms with E-state index in [-0.39, 0.29) is 23.4 Å². The minimum atomic E-state index is -0.438. The van der Waals surface area contributed by atoms with Crippen molar-refractivity contribution in [3.63, 3.8) is 0 Å². The number of hydrogen-bond acceptors (Lipinski definition) is 4. The first-order valence-electron chi connectivity index (χ1n) is 7.68. The van der Waals surface area contributed by atoms with Gasteiger partial charge in [0.2, 0.25) is 5.91 Å². The van der Waals surface area contributed by atoms with E-state index in [1.807, 2.05) is 0 Å². The molecule has 1 heterocycles. The minimum absolute atomic E-state index is 0.170. The first-order chi connectivity index (χ1) is 11.1. The van der Waals surface area contributed by atoms with Crippen molar-refractivity contribution in [2.45, 2.75) is 43.8 Å². The SMILES string of the molecule is CC(C)n1c(SCC(=O)Nc2ccccc2F)nnc1C1CC1. The highest BCUT2D eigenvalue weighted by atomic mass is 32.2. The maximum absolute atomic E-state index is 13.5. The summed E-state index contributed by atoms with van der Waals surface area (Å²) >= 11 is 1.33. The maximum atomic E-state index is 13.5. The third kappa shape index (κ3) is 3.72. The first kappa shape index (κ1) is 16.0. The van der Waals surface area contributed by atoms with Gasteiger partial charge in [-0.2, -0.15) is 0 Å². The molecule has 23 heavy (non-hydrogen) atoms. The first-order valence-corrected chi connectivity index (χ1v) is 8.66. The van der Waals surface area contributed by atoms with Gasteiger partial charge >= 0.3 is 0 Å². The third-order valence-corrected chi connectivity index (χ3v) is 4.57. The van der Waals surface area contributed by atoms with E-state index in [2.05, 4.69) is 33.9 Å². The summed E-state index contributed by atoms with van der Waals surface area (Å²) in [7, 11) is 0. The number of nitrogens with zero attached hydrogens (tertiary/aromatic N) is 3. The summed E-state index contributed by atoms with van der Waals surface area (Å²) < 4.78 is 15.6. The molecule has 0 saturated heterocycles. The molecule has 0 aliphatic heterocycles. The Bertz CT molecular complexity index is 712. The van der Waals surface area contributed by atoms with E-state index in [4.69, 9.17) is 0 Å². The summed E-state index contributed by atoms with van der Waals surface area (Å²) in [5.74, 6) is 0.992. The Labute approximate surface area is 138 Å². The van der Waals surface area contributed by atoms with E-state index in [0.717, 1.165) is 23.8 Å². The number of amides is 1. The van der Waals surface area contributed by atoms with Crippen LogP contribution in [0, 0.1) is 5.82 Å². The highest BCUT2D eigenvalue weighted by molar-refractivity contribution is 7.99. The molecule has 5 nitrogen and oxygen atoms in total. The van der Waals surface area contributed by atoms with Crippen molar-refractivity contribution in [1.82, 2.24) is 14.8 Å². The average Bonchev–Trinajstić information content (AvgIpc) is 3.27. The summed E-state index contributed by atoms with van der Waals surface area (Å²) in [6.07, 6.45) is 2.31. The molecule has 2 aromatic rings. The number of hydrogen-bond donors (Lipinski definition) is 1. The number of carbonyl (C=O) groups is 1. The lowest BCUT2D eigenvalue weighted by Crippen LogP contribution is -2.16. The Hall–Kier alpha value is -1.89. The molecule has 1 aliphatic carbocycles. The molecule has 0 spiro atoms. The lowest BCUT2D eigenvalue weighted by molar-refractivity contribution is -0.113. The quantitative estimate of drug-likeness (QED) is 0.820. The van der Waals surface area contributed by atoms with Gasteiger partial charge in [-0.3, -0.25) is 4.79 Å². The van der Waals surface area contributed by atoms with Crippen molar-refractivity contribution in [2.75, 3.05) is 11.1 Å². The van der Waals surface area contributed by atoms with Gasteiger partial charge in [-0.1, -0.05) is 23.9 Å². The number of para-hydroxylation sites is 1. The van der Waals surface area contributed by atoms with Crippen LogP contribution < -0.4 is 5.32 Å². The fraction of sp³-hybridized carbons (Fsp3) is 0.438. The summed E-state index contributed by atoms with van der Waals surface area (Å²) in [5.41, 5.74) is 0.196. The minimum Gasteiger partial charge on any atom is -0.323 e. The van der Waals surface area contributed by atoms with E-state index in [1.54, 1.807) is 18.2 Å². The van der Waals surface area contributed by atoms with Crippen LogP contribution in [-0.4, -0.2) is 26.4 Å². The molecule has 1 saturated carbocycles. The number of halogens is 1. The van der Waals surface area contributed by atoms with E-state index < -0.39 is 5.82 Å². The summed E-state index contributed by atoms with van der Waals surface area (Å²) in [6.45, 7) is 4.16. The highest BCUT2D eigenvalue weighted by Crippen LogP contribution is 2.41. The predicted octanol–water partition coefficient (Wildman–Crippen LogP) is 3.61. The van der Waals surface area contributed by atoms with Crippen LogP contribution in [-0.2, 0) is 4.79 Å². The van der Waals surface area contributed by atoms with Gasteiger partial charge in [0.25, 0.3) is 0 Å². The van der Waals surface area contributed by atoms with Gasteiger partial charge in [0, 0.05) is 12.0 Å². The second kappa shape index (κ2) is 6.70. The molecule has 1 fully saturated rings. The standard InChI is InChI=1S/C16H19FN4OS/c1-10(2)21-15(11-7-8-11)19-20-16(21)23-9-14(22)18-13-6-4-3-5-12(13)17/h3-6,10-11H,7-9H2,1-2H3,(H,18,22). The number of rotatable bonds is 6. The predicted molar refractivity (Wildman–Crippen MR) is 88.1 cm³/mol. The number of benzene rings is 1. The van der Waals surface area contributed by atoms with Crippen LogP contribution >= 0.6 is 11.8 Å².